The van der Waals surface area contributed by atoms with Gasteiger partial charge in [0, 0.05) is 4.83 Å². The number of ether oxygens (including phenoxy) is 3. The van der Waals surface area contributed by atoms with E-state index >= 15 is 0 Å². The second kappa shape index (κ2) is 15.4. The molecule has 0 aromatic heterocycles. The van der Waals surface area contributed by atoms with Gasteiger partial charge < -0.3 is 14.2 Å². The topological polar surface area (TPSA) is 44.8 Å². The normalized spacial score (nSPS) is 13.8. The van der Waals surface area contributed by atoms with Crippen molar-refractivity contribution in [3.05, 3.63) is 72.3 Å². The highest BCUT2D eigenvalue weighted by Crippen LogP contribution is 2.43. The number of hydrogen-bond acceptors (Lipinski definition) is 4. The average Bonchev–Trinajstić information content (AvgIpc) is 2.98. The number of alkyl halides is 1. The van der Waals surface area contributed by atoms with Crippen LogP contribution in [0.1, 0.15) is 78.1 Å². The number of halogens is 1. The summed E-state index contributed by atoms with van der Waals surface area (Å²) in [5, 5.41) is 0. The number of esters is 1. The minimum atomic E-state index is -0.639. The predicted molar refractivity (Wildman–Crippen MR) is 174 cm³/mol. The number of carbonyl (C=O) groups is 1. The van der Waals surface area contributed by atoms with Gasteiger partial charge in [-0.05, 0) is 97.2 Å². The lowest BCUT2D eigenvalue weighted by atomic mass is 9.84. The van der Waals surface area contributed by atoms with Crippen molar-refractivity contribution in [1.82, 2.24) is 0 Å². The second-order valence-electron chi connectivity index (χ2n) is 11.8. The minimum Gasteiger partial charge on any atom is -0.493 e. The Hall–Kier alpha value is -2.79. The Morgan fingerprint density at radius 2 is 1.24 bits per heavy atom. The number of carbonyl (C=O) groups excluding carboxylic acids is 1. The molecule has 0 amide bonds. The molecule has 3 atom stereocenters. The first-order valence-corrected chi connectivity index (χ1v) is 15.9. The van der Waals surface area contributed by atoms with Crippen LogP contribution >= 0.6 is 15.9 Å². The molecule has 0 spiro atoms. The van der Waals surface area contributed by atoms with Crippen molar-refractivity contribution in [2.45, 2.75) is 72.6 Å². The van der Waals surface area contributed by atoms with Gasteiger partial charge in [0.15, 0.2) is 0 Å². The van der Waals surface area contributed by atoms with E-state index < -0.39 is 5.41 Å². The van der Waals surface area contributed by atoms with Crippen molar-refractivity contribution < 1.29 is 19.0 Å². The molecule has 3 aromatic carbocycles. The lowest BCUT2D eigenvalue weighted by Crippen LogP contribution is -2.28. The molecular weight excluding hydrogens is 576 g/mol. The first kappa shape index (κ1) is 32.7. The summed E-state index contributed by atoms with van der Waals surface area (Å²) < 4.78 is 17.3. The monoisotopic (exact) mass is 622 g/mol. The van der Waals surface area contributed by atoms with Gasteiger partial charge in [0.1, 0.15) is 11.5 Å². The van der Waals surface area contributed by atoms with Crippen molar-refractivity contribution in [2.75, 3.05) is 19.8 Å². The van der Waals surface area contributed by atoms with Crippen molar-refractivity contribution >= 4 is 21.9 Å². The highest BCUT2D eigenvalue weighted by Gasteiger charge is 2.33. The van der Waals surface area contributed by atoms with Crippen LogP contribution in [-0.2, 0) is 9.53 Å². The second-order valence-corrected chi connectivity index (χ2v) is 12.9. The molecule has 0 saturated carbocycles. The van der Waals surface area contributed by atoms with Gasteiger partial charge in [-0.1, -0.05) is 92.9 Å². The van der Waals surface area contributed by atoms with E-state index in [0.717, 1.165) is 58.8 Å². The number of rotatable bonds is 15. The third kappa shape index (κ3) is 9.36. The summed E-state index contributed by atoms with van der Waals surface area (Å²) in [5.74, 6) is 2.63. The zero-order valence-corrected chi connectivity index (χ0v) is 27.4. The molecule has 41 heavy (non-hydrogen) atoms. The molecule has 3 aromatic rings. The van der Waals surface area contributed by atoms with Crippen LogP contribution in [-0.4, -0.2) is 25.8 Å². The SMILES string of the molecule is CCOC(=O)C(C)(C)CC(Br)c1cc(-c2ccc(OC[C@@H](C)CC)cc2)ccc1-c1ccc(OC[C@@H](C)CC)cc1. The zero-order valence-electron chi connectivity index (χ0n) is 25.8. The molecule has 0 radical (unpaired) electrons. The van der Waals surface area contributed by atoms with Gasteiger partial charge in [-0.15, -0.1) is 0 Å². The first-order chi connectivity index (χ1) is 19.6. The molecule has 0 saturated heterocycles. The summed E-state index contributed by atoms with van der Waals surface area (Å²) in [5.41, 5.74) is 4.95. The fraction of sp³-hybridized carbons (Fsp3) is 0.472. The fourth-order valence-electron chi connectivity index (χ4n) is 4.42. The van der Waals surface area contributed by atoms with Crippen LogP contribution in [0.5, 0.6) is 11.5 Å². The molecule has 0 aliphatic heterocycles. The van der Waals surface area contributed by atoms with E-state index in [1.165, 1.54) is 0 Å². The predicted octanol–water partition coefficient (Wildman–Crippen LogP) is 10.3. The Morgan fingerprint density at radius 1 is 0.756 bits per heavy atom. The molecule has 4 nitrogen and oxygen atoms in total. The van der Waals surface area contributed by atoms with Crippen LogP contribution < -0.4 is 9.47 Å². The maximum absolute atomic E-state index is 12.7. The fourth-order valence-corrected chi connectivity index (χ4v) is 5.61. The van der Waals surface area contributed by atoms with Gasteiger partial charge in [-0.25, -0.2) is 0 Å². The van der Waals surface area contributed by atoms with Gasteiger partial charge in [-0.3, -0.25) is 4.79 Å². The zero-order chi connectivity index (χ0) is 30.0. The summed E-state index contributed by atoms with van der Waals surface area (Å²) in [7, 11) is 0. The summed E-state index contributed by atoms with van der Waals surface area (Å²) in [6.07, 6.45) is 2.79. The first-order valence-electron chi connectivity index (χ1n) is 15.0. The molecule has 5 heteroatoms. The third-order valence-electron chi connectivity index (χ3n) is 7.72. The summed E-state index contributed by atoms with van der Waals surface area (Å²) in [6.45, 7) is 16.3. The number of benzene rings is 3. The van der Waals surface area contributed by atoms with E-state index in [1.54, 1.807) is 0 Å². The Balaban J connectivity index is 1.93. The van der Waals surface area contributed by atoms with E-state index in [4.69, 9.17) is 14.2 Å². The number of hydrogen-bond donors (Lipinski definition) is 0. The Bertz CT molecular complexity index is 1230. The molecule has 0 N–H and O–H groups in total. The van der Waals surface area contributed by atoms with Crippen molar-refractivity contribution in [1.29, 1.82) is 0 Å². The molecule has 0 bridgehead atoms. The highest BCUT2D eigenvalue weighted by atomic mass is 79.9. The van der Waals surface area contributed by atoms with Crippen molar-refractivity contribution in [3.63, 3.8) is 0 Å². The van der Waals surface area contributed by atoms with E-state index in [1.807, 2.05) is 45.0 Å². The van der Waals surface area contributed by atoms with Crippen LogP contribution in [0.25, 0.3) is 22.3 Å². The molecule has 1 unspecified atom stereocenters. The minimum absolute atomic E-state index is 0.0590. The summed E-state index contributed by atoms with van der Waals surface area (Å²) in [4.78, 5) is 12.7. The Morgan fingerprint density at radius 3 is 1.73 bits per heavy atom. The molecule has 0 aliphatic carbocycles. The summed E-state index contributed by atoms with van der Waals surface area (Å²) in [6, 6.07) is 23.2. The Kier molecular flexibility index (Phi) is 12.3. The lowest BCUT2D eigenvalue weighted by molar-refractivity contribution is -0.153. The van der Waals surface area contributed by atoms with E-state index in [0.29, 0.717) is 31.5 Å². The quantitative estimate of drug-likeness (QED) is 0.125. The molecule has 3 rings (SSSR count). The van der Waals surface area contributed by atoms with Crippen LogP contribution in [0.2, 0.25) is 0 Å². The molecule has 222 valence electrons. The standard InChI is InChI=1S/C36H47BrO4/c1-8-25(4)23-40-30-16-11-27(12-17-30)29-15-20-32(28-13-18-31(19-14-28)41-24-26(5)9-2)33(21-29)34(37)22-36(6,7)35(38)39-10-3/h11-21,25-26,34H,8-10,22-24H2,1-7H3/t25-,26-,34?/m0/s1. The highest BCUT2D eigenvalue weighted by molar-refractivity contribution is 9.09. The van der Waals surface area contributed by atoms with Crippen molar-refractivity contribution in [2.24, 2.45) is 17.3 Å². The van der Waals surface area contributed by atoms with Gasteiger partial charge in [0.05, 0.1) is 25.2 Å². The van der Waals surface area contributed by atoms with Crippen LogP contribution in [0.15, 0.2) is 66.7 Å². The largest absolute Gasteiger partial charge is 0.493 e. The van der Waals surface area contributed by atoms with Crippen LogP contribution in [0, 0.1) is 17.3 Å². The molecular formula is C36H47BrO4. The van der Waals surface area contributed by atoms with Crippen LogP contribution in [0.4, 0.5) is 0 Å². The maximum atomic E-state index is 12.7. The van der Waals surface area contributed by atoms with Gasteiger partial charge in [0.25, 0.3) is 0 Å². The van der Waals surface area contributed by atoms with E-state index in [-0.39, 0.29) is 10.8 Å². The third-order valence-corrected chi connectivity index (χ3v) is 8.54. The van der Waals surface area contributed by atoms with Crippen LogP contribution in [0.3, 0.4) is 0 Å². The van der Waals surface area contributed by atoms with E-state index in [2.05, 4.69) is 86.1 Å². The Labute approximate surface area is 255 Å². The molecule has 0 fully saturated rings. The summed E-state index contributed by atoms with van der Waals surface area (Å²) >= 11 is 3.96. The van der Waals surface area contributed by atoms with Gasteiger partial charge in [-0.2, -0.15) is 0 Å². The van der Waals surface area contributed by atoms with Crippen molar-refractivity contribution in [3.8, 4) is 33.8 Å². The van der Waals surface area contributed by atoms with Gasteiger partial charge in [0.2, 0.25) is 0 Å². The van der Waals surface area contributed by atoms with Gasteiger partial charge >= 0.3 is 5.97 Å². The average molecular weight is 624 g/mol. The molecule has 0 heterocycles. The van der Waals surface area contributed by atoms with E-state index in [9.17, 15) is 4.79 Å². The maximum Gasteiger partial charge on any atom is 0.311 e. The smallest absolute Gasteiger partial charge is 0.311 e. The lowest BCUT2D eigenvalue weighted by Gasteiger charge is -2.26. The molecule has 0 aliphatic rings.